The lowest BCUT2D eigenvalue weighted by Gasteiger charge is -2.12. The van der Waals surface area contributed by atoms with E-state index < -0.39 is 0 Å². The Hall–Kier alpha value is -4.40. The van der Waals surface area contributed by atoms with E-state index in [0.29, 0.717) is 50.1 Å². The average molecular weight is 500 g/mol. The third-order valence-corrected chi connectivity index (χ3v) is 5.84. The SMILES string of the molecule is CC(=O)NCCNc1cc(NCCNC(=O)CCCc2c[nH]c3ccccc23)nc(-c2ccccc2)n1. The summed E-state index contributed by atoms with van der Waals surface area (Å²) in [5, 5.41) is 13.5. The third kappa shape index (κ3) is 7.79. The number of aromatic amines is 1. The van der Waals surface area contributed by atoms with E-state index in [0.717, 1.165) is 23.9 Å². The van der Waals surface area contributed by atoms with Crippen LogP contribution in [0.4, 0.5) is 11.6 Å². The summed E-state index contributed by atoms with van der Waals surface area (Å²) in [5.74, 6) is 1.87. The van der Waals surface area contributed by atoms with Crippen molar-refractivity contribution < 1.29 is 9.59 Å². The molecule has 0 unspecified atom stereocenters. The molecule has 0 aliphatic heterocycles. The fourth-order valence-corrected chi connectivity index (χ4v) is 4.03. The zero-order valence-electron chi connectivity index (χ0n) is 21.0. The number of nitrogens with zero attached hydrogens (tertiary/aromatic N) is 2. The monoisotopic (exact) mass is 499 g/mol. The minimum Gasteiger partial charge on any atom is -0.368 e. The van der Waals surface area contributed by atoms with Crippen LogP contribution >= 0.6 is 0 Å². The van der Waals surface area contributed by atoms with Gasteiger partial charge in [0.1, 0.15) is 11.6 Å². The smallest absolute Gasteiger partial charge is 0.220 e. The molecule has 0 atom stereocenters. The average Bonchev–Trinajstić information content (AvgIpc) is 3.32. The largest absolute Gasteiger partial charge is 0.368 e. The second-order valence-corrected chi connectivity index (χ2v) is 8.73. The lowest BCUT2D eigenvalue weighted by molar-refractivity contribution is -0.121. The van der Waals surface area contributed by atoms with Gasteiger partial charge in [-0.1, -0.05) is 48.5 Å². The lowest BCUT2D eigenvalue weighted by atomic mass is 10.1. The van der Waals surface area contributed by atoms with Crippen LogP contribution in [0.15, 0.2) is 66.9 Å². The Bertz CT molecular complexity index is 1320. The summed E-state index contributed by atoms with van der Waals surface area (Å²) in [4.78, 5) is 35.9. The van der Waals surface area contributed by atoms with Crippen molar-refractivity contribution in [3.63, 3.8) is 0 Å². The number of benzene rings is 2. The highest BCUT2D eigenvalue weighted by Crippen LogP contribution is 2.21. The van der Waals surface area contributed by atoms with E-state index in [1.54, 1.807) is 0 Å². The molecule has 2 aromatic heterocycles. The van der Waals surface area contributed by atoms with Crippen molar-refractivity contribution in [2.24, 2.45) is 0 Å². The van der Waals surface area contributed by atoms with Crippen molar-refractivity contribution in [2.75, 3.05) is 36.8 Å². The van der Waals surface area contributed by atoms with Crippen LogP contribution < -0.4 is 21.3 Å². The van der Waals surface area contributed by atoms with E-state index in [-0.39, 0.29) is 11.8 Å². The molecule has 0 bridgehead atoms. The van der Waals surface area contributed by atoms with E-state index in [1.807, 2.05) is 54.7 Å². The van der Waals surface area contributed by atoms with E-state index in [1.165, 1.54) is 17.9 Å². The van der Waals surface area contributed by atoms with Crippen LogP contribution in [0.1, 0.15) is 25.3 Å². The van der Waals surface area contributed by atoms with Crippen molar-refractivity contribution in [2.45, 2.75) is 26.2 Å². The molecule has 2 aromatic carbocycles. The van der Waals surface area contributed by atoms with Gasteiger partial charge in [-0.25, -0.2) is 9.97 Å². The molecule has 2 heterocycles. The summed E-state index contributed by atoms with van der Waals surface area (Å²) >= 11 is 0. The summed E-state index contributed by atoms with van der Waals surface area (Å²) in [6.45, 7) is 3.55. The van der Waals surface area contributed by atoms with Gasteiger partial charge in [0.15, 0.2) is 5.82 Å². The summed E-state index contributed by atoms with van der Waals surface area (Å²) in [6, 6.07) is 19.8. The van der Waals surface area contributed by atoms with Gasteiger partial charge in [0.2, 0.25) is 11.8 Å². The number of aromatic nitrogens is 3. The fraction of sp³-hybridized carbons (Fsp3) is 0.286. The molecular weight excluding hydrogens is 466 g/mol. The van der Waals surface area contributed by atoms with Gasteiger partial charge in [-0.05, 0) is 24.5 Å². The first-order valence-electron chi connectivity index (χ1n) is 12.6. The van der Waals surface area contributed by atoms with Crippen molar-refractivity contribution >= 4 is 34.4 Å². The summed E-state index contributed by atoms with van der Waals surface area (Å²) < 4.78 is 0. The van der Waals surface area contributed by atoms with Crippen LogP contribution in [-0.2, 0) is 16.0 Å². The topological polar surface area (TPSA) is 124 Å². The number of amides is 2. The third-order valence-electron chi connectivity index (χ3n) is 5.84. The predicted molar refractivity (Wildman–Crippen MR) is 147 cm³/mol. The zero-order chi connectivity index (χ0) is 25.9. The maximum Gasteiger partial charge on any atom is 0.220 e. The maximum absolute atomic E-state index is 12.3. The Morgan fingerprint density at radius 2 is 1.51 bits per heavy atom. The van der Waals surface area contributed by atoms with Gasteiger partial charge in [-0.15, -0.1) is 0 Å². The molecule has 0 aliphatic carbocycles. The normalized spacial score (nSPS) is 10.7. The lowest BCUT2D eigenvalue weighted by Crippen LogP contribution is -2.29. The second kappa shape index (κ2) is 13.1. The van der Waals surface area contributed by atoms with Crippen molar-refractivity contribution in [1.29, 1.82) is 0 Å². The number of carbonyl (C=O) groups is 2. The molecule has 0 spiro atoms. The maximum atomic E-state index is 12.3. The van der Waals surface area contributed by atoms with E-state index >= 15 is 0 Å². The highest BCUT2D eigenvalue weighted by molar-refractivity contribution is 5.83. The van der Waals surface area contributed by atoms with Crippen LogP contribution in [0.5, 0.6) is 0 Å². The molecule has 9 nitrogen and oxygen atoms in total. The van der Waals surface area contributed by atoms with Crippen LogP contribution in [0.25, 0.3) is 22.3 Å². The molecule has 0 aliphatic rings. The molecule has 0 fully saturated rings. The standard InChI is InChI=1S/C28H33N7O2/c1-20(36)29-14-15-30-25-18-26(35-28(34-25)21-8-3-2-4-9-21)31-16-17-32-27(37)13-7-10-22-19-33-24-12-6-5-11-23(22)24/h2-6,8-9,11-12,18-19,33H,7,10,13-17H2,1H3,(H,29,36)(H,32,37)(H2,30,31,34,35). The zero-order valence-corrected chi connectivity index (χ0v) is 21.0. The fourth-order valence-electron chi connectivity index (χ4n) is 4.03. The molecule has 0 saturated carbocycles. The number of hydrogen-bond donors (Lipinski definition) is 5. The molecule has 4 rings (SSSR count). The molecule has 9 heteroatoms. The van der Waals surface area contributed by atoms with Gasteiger partial charge in [0.25, 0.3) is 0 Å². The number of para-hydroxylation sites is 1. The number of nitrogens with one attached hydrogen (secondary N) is 5. The van der Waals surface area contributed by atoms with E-state index in [4.69, 9.17) is 0 Å². The molecule has 5 N–H and O–H groups in total. The van der Waals surface area contributed by atoms with Gasteiger partial charge < -0.3 is 26.3 Å². The number of H-pyrrole nitrogens is 1. The number of rotatable bonds is 13. The molecular formula is C28H33N7O2. The molecule has 37 heavy (non-hydrogen) atoms. The highest BCUT2D eigenvalue weighted by atomic mass is 16.2. The van der Waals surface area contributed by atoms with Gasteiger partial charge in [-0.3, -0.25) is 9.59 Å². The molecule has 4 aromatic rings. The Morgan fingerprint density at radius 3 is 2.24 bits per heavy atom. The first kappa shape index (κ1) is 25.7. The minimum absolute atomic E-state index is 0.0367. The Kier molecular flexibility index (Phi) is 9.07. The van der Waals surface area contributed by atoms with Gasteiger partial charge in [0, 0.05) is 68.3 Å². The Balaban J connectivity index is 1.25. The summed E-state index contributed by atoms with van der Waals surface area (Å²) in [6.07, 6.45) is 4.16. The van der Waals surface area contributed by atoms with Gasteiger partial charge >= 0.3 is 0 Å². The van der Waals surface area contributed by atoms with Crippen LogP contribution in [-0.4, -0.2) is 52.9 Å². The Morgan fingerprint density at radius 1 is 0.838 bits per heavy atom. The molecule has 192 valence electrons. The Labute approximate surface area is 216 Å². The van der Waals surface area contributed by atoms with Crippen molar-refractivity contribution in [3.8, 4) is 11.4 Å². The predicted octanol–water partition coefficient (Wildman–Crippen LogP) is 3.72. The number of carbonyl (C=O) groups excluding carboxylic acids is 2. The number of hydrogen-bond acceptors (Lipinski definition) is 6. The summed E-state index contributed by atoms with van der Waals surface area (Å²) in [5.41, 5.74) is 3.27. The van der Waals surface area contributed by atoms with Gasteiger partial charge in [-0.2, -0.15) is 0 Å². The quantitative estimate of drug-likeness (QED) is 0.179. The minimum atomic E-state index is -0.0724. The second-order valence-electron chi connectivity index (χ2n) is 8.73. The molecule has 0 radical (unpaired) electrons. The van der Waals surface area contributed by atoms with Crippen LogP contribution in [0, 0.1) is 0 Å². The first-order valence-corrected chi connectivity index (χ1v) is 12.6. The molecule has 2 amide bonds. The van der Waals surface area contributed by atoms with Crippen molar-refractivity contribution in [1.82, 2.24) is 25.6 Å². The van der Waals surface area contributed by atoms with Crippen LogP contribution in [0.2, 0.25) is 0 Å². The first-order chi connectivity index (χ1) is 18.1. The van der Waals surface area contributed by atoms with Crippen LogP contribution in [0.3, 0.4) is 0 Å². The highest BCUT2D eigenvalue weighted by Gasteiger charge is 2.08. The number of aryl methyl sites for hydroxylation is 1. The van der Waals surface area contributed by atoms with E-state index in [2.05, 4.69) is 48.4 Å². The number of anilines is 2. The molecule has 0 saturated heterocycles. The summed E-state index contributed by atoms with van der Waals surface area (Å²) in [7, 11) is 0. The van der Waals surface area contributed by atoms with E-state index in [9.17, 15) is 9.59 Å². The number of fused-ring (bicyclic) bond motifs is 1. The van der Waals surface area contributed by atoms with Crippen molar-refractivity contribution in [3.05, 3.63) is 72.4 Å². The van der Waals surface area contributed by atoms with Gasteiger partial charge in [0.05, 0.1) is 0 Å².